The second-order valence-electron chi connectivity index (χ2n) is 3.50. The van der Waals surface area contributed by atoms with E-state index in [0.717, 1.165) is 23.8 Å². The fraction of sp³-hybridized carbons (Fsp3) is 0.500. The Hall–Kier alpha value is -0.740. The first-order valence-corrected chi connectivity index (χ1v) is 6.37. The van der Waals surface area contributed by atoms with Crippen molar-refractivity contribution in [2.24, 2.45) is 0 Å². The monoisotopic (exact) mass is 210 g/mol. The minimum Gasteiger partial charge on any atom is -0.612 e. The van der Waals surface area contributed by atoms with Crippen LogP contribution in [0.4, 0.5) is 5.82 Å². The lowest BCUT2D eigenvalue weighted by atomic mass is 10.4. The van der Waals surface area contributed by atoms with Crippen LogP contribution in [0.5, 0.6) is 0 Å². The first kappa shape index (κ1) is 9.80. The number of aromatic nitrogens is 1. The standard InChI is InChI=1S/C10H14N2OS/c1-14(13)9-4-5-10(11-8-9)12-6-2-3-7-12/h4-5,8H,2-3,6-7H2,1H3. The van der Waals surface area contributed by atoms with Gasteiger partial charge >= 0.3 is 0 Å². The number of anilines is 1. The van der Waals surface area contributed by atoms with Gasteiger partial charge in [0.15, 0.2) is 4.90 Å². The largest absolute Gasteiger partial charge is 0.612 e. The Morgan fingerprint density at radius 3 is 2.57 bits per heavy atom. The van der Waals surface area contributed by atoms with Crippen LogP contribution in [0.15, 0.2) is 23.2 Å². The first-order chi connectivity index (χ1) is 6.77. The Morgan fingerprint density at radius 2 is 2.07 bits per heavy atom. The van der Waals surface area contributed by atoms with Gasteiger partial charge in [0.1, 0.15) is 12.1 Å². The highest BCUT2D eigenvalue weighted by atomic mass is 32.2. The minimum atomic E-state index is -0.920. The zero-order valence-electron chi connectivity index (χ0n) is 8.27. The summed E-state index contributed by atoms with van der Waals surface area (Å²) in [6, 6.07) is 3.86. The van der Waals surface area contributed by atoms with Crippen molar-refractivity contribution in [3.63, 3.8) is 0 Å². The van der Waals surface area contributed by atoms with Crippen molar-refractivity contribution in [3.8, 4) is 0 Å². The Bertz CT molecular complexity index is 293. The Balaban J connectivity index is 2.12. The fourth-order valence-corrected chi connectivity index (χ4v) is 2.14. The van der Waals surface area contributed by atoms with Crippen LogP contribution in [0.1, 0.15) is 12.8 Å². The predicted octanol–water partition coefficient (Wildman–Crippen LogP) is 1.42. The molecule has 1 atom stereocenters. The van der Waals surface area contributed by atoms with Gasteiger partial charge in [0.05, 0.1) is 6.20 Å². The van der Waals surface area contributed by atoms with Crippen molar-refractivity contribution >= 4 is 17.0 Å². The molecular formula is C10H14N2OS. The average molecular weight is 210 g/mol. The summed E-state index contributed by atoms with van der Waals surface area (Å²) in [5.41, 5.74) is 0. The van der Waals surface area contributed by atoms with Gasteiger partial charge in [0.25, 0.3) is 0 Å². The van der Waals surface area contributed by atoms with E-state index in [2.05, 4.69) is 9.88 Å². The SMILES string of the molecule is C[S+]([O-])c1ccc(N2CCCC2)nc1. The zero-order chi connectivity index (χ0) is 9.97. The molecule has 0 radical (unpaired) electrons. The van der Waals surface area contributed by atoms with E-state index >= 15 is 0 Å². The molecule has 0 bridgehead atoms. The van der Waals surface area contributed by atoms with Gasteiger partial charge in [-0.3, -0.25) is 0 Å². The van der Waals surface area contributed by atoms with Crippen LogP contribution in [0, 0.1) is 0 Å². The topological polar surface area (TPSA) is 39.2 Å². The van der Waals surface area contributed by atoms with Gasteiger partial charge in [-0.2, -0.15) is 0 Å². The van der Waals surface area contributed by atoms with Crippen LogP contribution in [0.3, 0.4) is 0 Å². The summed E-state index contributed by atoms with van der Waals surface area (Å²) in [5.74, 6) is 1.01. The molecular weight excluding hydrogens is 196 g/mol. The van der Waals surface area contributed by atoms with Crippen molar-refractivity contribution in [3.05, 3.63) is 18.3 Å². The van der Waals surface area contributed by atoms with Crippen LogP contribution in [0.2, 0.25) is 0 Å². The second-order valence-corrected chi connectivity index (χ2v) is 4.88. The van der Waals surface area contributed by atoms with Gasteiger partial charge in [-0.15, -0.1) is 0 Å². The lowest BCUT2D eigenvalue weighted by molar-refractivity contribution is 0.600. The van der Waals surface area contributed by atoms with Crippen LogP contribution in [-0.4, -0.2) is 28.9 Å². The average Bonchev–Trinajstić information content (AvgIpc) is 2.71. The van der Waals surface area contributed by atoms with Crippen molar-refractivity contribution in [2.45, 2.75) is 17.7 Å². The highest BCUT2D eigenvalue weighted by Crippen LogP contribution is 2.18. The molecule has 0 saturated carbocycles. The Labute approximate surface area is 87.3 Å². The van der Waals surface area contributed by atoms with E-state index in [1.807, 2.05) is 12.1 Å². The summed E-state index contributed by atoms with van der Waals surface area (Å²) < 4.78 is 11.1. The lowest BCUT2D eigenvalue weighted by Gasteiger charge is -2.16. The molecule has 1 fully saturated rings. The Kier molecular flexibility index (Phi) is 2.93. The molecule has 1 aliphatic heterocycles. The smallest absolute Gasteiger partial charge is 0.170 e. The highest BCUT2D eigenvalue weighted by molar-refractivity contribution is 7.90. The van der Waals surface area contributed by atoms with E-state index in [-0.39, 0.29) is 0 Å². The van der Waals surface area contributed by atoms with Gasteiger partial charge in [-0.25, -0.2) is 4.98 Å². The van der Waals surface area contributed by atoms with E-state index < -0.39 is 11.2 Å². The lowest BCUT2D eigenvalue weighted by Crippen LogP contribution is -2.18. The molecule has 1 aliphatic rings. The van der Waals surface area contributed by atoms with E-state index in [0.29, 0.717) is 0 Å². The van der Waals surface area contributed by atoms with Crippen molar-refractivity contribution in [1.82, 2.24) is 4.98 Å². The molecule has 0 amide bonds. The Morgan fingerprint density at radius 1 is 1.36 bits per heavy atom. The number of hydrogen-bond donors (Lipinski definition) is 0. The maximum Gasteiger partial charge on any atom is 0.170 e. The fourth-order valence-electron chi connectivity index (χ4n) is 1.68. The van der Waals surface area contributed by atoms with E-state index in [1.54, 1.807) is 12.5 Å². The molecule has 4 heteroatoms. The van der Waals surface area contributed by atoms with E-state index in [9.17, 15) is 4.55 Å². The normalized spacial score (nSPS) is 18.6. The number of nitrogens with zero attached hydrogens (tertiary/aromatic N) is 2. The summed E-state index contributed by atoms with van der Waals surface area (Å²) in [4.78, 5) is 7.38. The second kappa shape index (κ2) is 4.19. The van der Waals surface area contributed by atoms with Gasteiger partial charge in [0.2, 0.25) is 0 Å². The van der Waals surface area contributed by atoms with Crippen molar-refractivity contribution in [2.75, 3.05) is 24.2 Å². The van der Waals surface area contributed by atoms with Crippen LogP contribution >= 0.6 is 0 Å². The molecule has 0 aliphatic carbocycles. The molecule has 0 spiro atoms. The quantitative estimate of drug-likeness (QED) is 0.693. The third kappa shape index (κ3) is 2.01. The molecule has 14 heavy (non-hydrogen) atoms. The third-order valence-electron chi connectivity index (χ3n) is 2.48. The molecule has 0 N–H and O–H groups in total. The molecule has 0 aromatic carbocycles. The van der Waals surface area contributed by atoms with Gasteiger partial charge in [0, 0.05) is 13.1 Å². The molecule has 1 saturated heterocycles. The van der Waals surface area contributed by atoms with Crippen molar-refractivity contribution < 1.29 is 4.55 Å². The summed E-state index contributed by atoms with van der Waals surface area (Å²) in [6.45, 7) is 2.20. The molecule has 3 nitrogen and oxygen atoms in total. The van der Waals surface area contributed by atoms with Gasteiger partial charge in [-0.1, -0.05) is 0 Å². The van der Waals surface area contributed by atoms with E-state index in [4.69, 9.17) is 0 Å². The molecule has 1 aromatic heterocycles. The molecule has 2 heterocycles. The molecule has 1 unspecified atom stereocenters. The van der Waals surface area contributed by atoms with Gasteiger partial charge in [-0.05, 0) is 36.2 Å². The van der Waals surface area contributed by atoms with Crippen LogP contribution in [-0.2, 0) is 11.2 Å². The molecule has 1 aromatic rings. The highest BCUT2D eigenvalue weighted by Gasteiger charge is 2.14. The van der Waals surface area contributed by atoms with Crippen LogP contribution in [0.25, 0.3) is 0 Å². The number of pyridine rings is 1. The number of hydrogen-bond acceptors (Lipinski definition) is 3. The summed E-state index contributed by atoms with van der Waals surface area (Å²) in [7, 11) is 0. The molecule has 2 rings (SSSR count). The van der Waals surface area contributed by atoms with Crippen molar-refractivity contribution in [1.29, 1.82) is 0 Å². The van der Waals surface area contributed by atoms with Crippen LogP contribution < -0.4 is 4.90 Å². The summed E-state index contributed by atoms with van der Waals surface area (Å²) >= 11 is -0.920. The predicted molar refractivity (Wildman–Crippen MR) is 58.0 cm³/mol. The first-order valence-electron chi connectivity index (χ1n) is 4.82. The maximum atomic E-state index is 11.1. The number of rotatable bonds is 2. The van der Waals surface area contributed by atoms with Gasteiger partial charge < -0.3 is 9.45 Å². The zero-order valence-corrected chi connectivity index (χ0v) is 9.09. The van der Waals surface area contributed by atoms with E-state index in [1.165, 1.54) is 12.8 Å². The summed E-state index contributed by atoms with van der Waals surface area (Å²) in [6.07, 6.45) is 5.89. The maximum absolute atomic E-state index is 11.1. The third-order valence-corrected chi connectivity index (χ3v) is 3.39. The minimum absolute atomic E-state index is 0.799. The molecule has 76 valence electrons. The summed E-state index contributed by atoms with van der Waals surface area (Å²) in [5, 5.41) is 0.